The Kier molecular flexibility index (Phi) is 3.10. The number of hydrogen-bond donors (Lipinski definition) is 1. The number of phenolic OH excluding ortho intramolecular Hbond substituents is 1. The van der Waals surface area contributed by atoms with Gasteiger partial charge in [0.1, 0.15) is 17.3 Å². The fraction of sp³-hybridized carbons (Fsp3) is 0.333. The summed E-state index contributed by atoms with van der Waals surface area (Å²) in [6, 6.07) is 5.07. The van der Waals surface area contributed by atoms with E-state index in [0.29, 0.717) is 18.4 Å². The van der Waals surface area contributed by atoms with Gasteiger partial charge in [0.2, 0.25) is 0 Å². The number of ketones is 2. The predicted molar refractivity (Wildman–Crippen MR) is 62.4 cm³/mol. The fourth-order valence-corrected chi connectivity index (χ4v) is 2.44. The molecule has 0 bridgehead atoms. The zero-order valence-corrected chi connectivity index (χ0v) is 10.2. The van der Waals surface area contributed by atoms with Crippen LogP contribution in [0.1, 0.15) is 30.7 Å². The molecule has 0 heterocycles. The number of Topliss-reactive ketones (excluding diaryl/α,β-unsaturated/α-hetero) is 2. The average Bonchev–Trinajstić information content (AvgIpc) is 2.20. The molecule has 0 aliphatic heterocycles. The second-order valence-corrected chi connectivity index (χ2v) is 4.98. The highest BCUT2D eigenvalue weighted by Crippen LogP contribution is 2.36. The number of hydrogen-bond acceptors (Lipinski definition) is 3. The van der Waals surface area contributed by atoms with E-state index in [1.54, 1.807) is 18.2 Å². The van der Waals surface area contributed by atoms with Crippen LogP contribution in [-0.4, -0.2) is 16.7 Å². The Morgan fingerprint density at radius 3 is 2.44 bits per heavy atom. The number of benzene rings is 1. The number of phenols is 1. The summed E-state index contributed by atoms with van der Waals surface area (Å²) in [6.07, 6.45) is 0.733. The van der Waals surface area contributed by atoms with Gasteiger partial charge in [0, 0.05) is 23.2 Å². The van der Waals surface area contributed by atoms with E-state index in [1.807, 2.05) is 0 Å². The Hall–Kier alpha value is -1.16. The molecule has 1 saturated carbocycles. The number of rotatable bonds is 1. The first kappa shape index (κ1) is 11.3. The van der Waals surface area contributed by atoms with E-state index in [9.17, 15) is 14.7 Å². The van der Waals surface area contributed by atoms with Crippen LogP contribution in [-0.2, 0) is 9.59 Å². The summed E-state index contributed by atoms with van der Waals surface area (Å²) in [6.45, 7) is 0. The molecule has 2 rings (SSSR count). The van der Waals surface area contributed by atoms with Crippen molar-refractivity contribution in [3.63, 3.8) is 0 Å². The molecule has 84 valence electrons. The van der Waals surface area contributed by atoms with Crippen LogP contribution in [0.15, 0.2) is 22.7 Å². The molecule has 1 aliphatic rings. The lowest BCUT2D eigenvalue weighted by molar-refractivity contribution is -0.130. The van der Waals surface area contributed by atoms with E-state index in [1.165, 1.54) is 0 Å². The molecule has 0 radical (unpaired) electrons. The zero-order valence-electron chi connectivity index (χ0n) is 8.57. The smallest absolute Gasteiger partial charge is 0.140 e. The van der Waals surface area contributed by atoms with Gasteiger partial charge in [-0.05, 0) is 23.8 Å². The molecule has 0 aromatic heterocycles. The summed E-state index contributed by atoms with van der Waals surface area (Å²) < 4.78 is 0.839. The molecule has 1 N–H and O–H groups in total. The van der Waals surface area contributed by atoms with Crippen LogP contribution in [0.4, 0.5) is 0 Å². The molecular weight excluding hydrogens is 272 g/mol. The molecule has 3 nitrogen and oxygen atoms in total. The van der Waals surface area contributed by atoms with E-state index < -0.39 is 0 Å². The van der Waals surface area contributed by atoms with Crippen molar-refractivity contribution in [2.45, 2.75) is 25.2 Å². The largest absolute Gasteiger partial charge is 0.508 e. The summed E-state index contributed by atoms with van der Waals surface area (Å²) in [5, 5.41) is 9.72. The average molecular weight is 283 g/mol. The van der Waals surface area contributed by atoms with Crippen LogP contribution >= 0.6 is 15.9 Å². The number of halogens is 1. The van der Waals surface area contributed by atoms with Crippen LogP contribution in [0.3, 0.4) is 0 Å². The summed E-state index contributed by atoms with van der Waals surface area (Å²) in [7, 11) is 0. The highest BCUT2D eigenvalue weighted by Gasteiger charge is 2.28. The molecule has 0 spiro atoms. The Labute approximate surface area is 102 Å². The predicted octanol–water partition coefficient (Wildman–Crippen LogP) is 2.56. The molecule has 0 atom stereocenters. The maximum absolute atomic E-state index is 11.3. The summed E-state index contributed by atoms with van der Waals surface area (Å²) in [5.74, 6) is -0.108. The zero-order chi connectivity index (χ0) is 11.7. The van der Waals surface area contributed by atoms with E-state index in [2.05, 4.69) is 15.9 Å². The molecule has 0 amide bonds. The Bertz CT molecular complexity index is 438. The van der Waals surface area contributed by atoms with Gasteiger partial charge in [-0.2, -0.15) is 0 Å². The Morgan fingerprint density at radius 2 is 1.81 bits per heavy atom. The number of carbonyl (C=O) groups excluding carboxylic acids is 2. The SMILES string of the molecule is O=C1CC(=O)CC(c2cc(Br)ccc2O)C1. The van der Waals surface area contributed by atoms with E-state index in [-0.39, 0.29) is 29.7 Å². The van der Waals surface area contributed by atoms with Gasteiger partial charge in [-0.3, -0.25) is 9.59 Å². The minimum Gasteiger partial charge on any atom is -0.508 e. The van der Waals surface area contributed by atoms with Gasteiger partial charge < -0.3 is 5.11 Å². The second-order valence-electron chi connectivity index (χ2n) is 4.06. The quantitative estimate of drug-likeness (QED) is 0.806. The van der Waals surface area contributed by atoms with Crippen molar-refractivity contribution in [3.8, 4) is 5.75 Å². The first-order chi connectivity index (χ1) is 7.56. The van der Waals surface area contributed by atoms with Gasteiger partial charge in [-0.25, -0.2) is 0 Å². The Balaban J connectivity index is 2.32. The minimum atomic E-state index is -0.175. The molecule has 1 aromatic carbocycles. The van der Waals surface area contributed by atoms with Gasteiger partial charge in [-0.1, -0.05) is 15.9 Å². The maximum atomic E-state index is 11.3. The van der Waals surface area contributed by atoms with Gasteiger partial charge in [0.05, 0.1) is 6.42 Å². The van der Waals surface area contributed by atoms with Crippen molar-refractivity contribution in [1.29, 1.82) is 0 Å². The van der Waals surface area contributed by atoms with Gasteiger partial charge in [0.25, 0.3) is 0 Å². The van der Waals surface area contributed by atoms with Crippen molar-refractivity contribution >= 4 is 27.5 Å². The first-order valence-electron chi connectivity index (χ1n) is 5.08. The number of aromatic hydroxyl groups is 1. The number of carbonyl (C=O) groups is 2. The van der Waals surface area contributed by atoms with E-state index >= 15 is 0 Å². The van der Waals surface area contributed by atoms with Crippen LogP contribution in [0.5, 0.6) is 5.75 Å². The lowest BCUT2D eigenvalue weighted by Gasteiger charge is -2.21. The molecule has 16 heavy (non-hydrogen) atoms. The molecular formula is C12H11BrO3. The van der Waals surface area contributed by atoms with Crippen molar-refractivity contribution in [1.82, 2.24) is 0 Å². The summed E-state index contributed by atoms with van der Waals surface area (Å²) >= 11 is 3.31. The van der Waals surface area contributed by atoms with Crippen LogP contribution < -0.4 is 0 Å². The van der Waals surface area contributed by atoms with Crippen LogP contribution in [0.2, 0.25) is 0 Å². The van der Waals surface area contributed by atoms with Gasteiger partial charge >= 0.3 is 0 Å². The maximum Gasteiger partial charge on any atom is 0.140 e. The highest BCUT2D eigenvalue weighted by molar-refractivity contribution is 9.10. The highest BCUT2D eigenvalue weighted by atomic mass is 79.9. The third kappa shape index (κ3) is 2.32. The lowest BCUT2D eigenvalue weighted by Crippen LogP contribution is -2.21. The van der Waals surface area contributed by atoms with Crippen LogP contribution in [0.25, 0.3) is 0 Å². The molecule has 4 heteroatoms. The third-order valence-corrected chi connectivity index (χ3v) is 3.27. The van der Waals surface area contributed by atoms with Crippen molar-refractivity contribution in [2.24, 2.45) is 0 Å². The molecule has 1 fully saturated rings. The second kappa shape index (κ2) is 4.37. The molecule has 1 aliphatic carbocycles. The van der Waals surface area contributed by atoms with Crippen molar-refractivity contribution < 1.29 is 14.7 Å². The molecule has 0 unspecified atom stereocenters. The first-order valence-corrected chi connectivity index (χ1v) is 5.87. The van der Waals surface area contributed by atoms with Crippen molar-refractivity contribution in [2.75, 3.05) is 0 Å². The standard InChI is InChI=1S/C12H11BrO3/c13-8-1-2-12(16)11(5-8)7-3-9(14)6-10(15)4-7/h1-2,5,7,16H,3-4,6H2. The molecule has 1 aromatic rings. The van der Waals surface area contributed by atoms with Crippen LogP contribution in [0, 0.1) is 0 Å². The van der Waals surface area contributed by atoms with Gasteiger partial charge in [0.15, 0.2) is 0 Å². The van der Waals surface area contributed by atoms with Crippen molar-refractivity contribution in [3.05, 3.63) is 28.2 Å². The summed E-state index contributed by atoms with van der Waals surface area (Å²) in [4.78, 5) is 22.7. The normalized spacial score (nSPS) is 17.8. The minimum absolute atomic E-state index is 0.0411. The lowest BCUT2D eigenvalue weighted by atomic mass is 9.82. The topological polar surface area (TPSA) is 54.4 Å². The van der Waals surface area contributed by atoms with Gasteiger partial charge in [-0.15, -0.1) is 0 Å². The third-order valence-electron chi connectivity index (χ3n) is 2.77. The summed E-state index contributed by atoms with van der Waals surface area (Å²) in [5.41, 5.74) is 0.677. The molecule has 0 saturated heterocycles. The van der Waals surface area contributed by atoms with E-state index in [0.717, 1.165) is 4.47 Å². The monoisotopic (exact) mass is 282 g/mol. The van der Waals surface area contributed by atoms with E-state index in [4.69, 9.17) is 0 Å². The fourth-order valence-electron chi connectivity index (χ4n) is 2.06. The Morgan fingerprint density at radius 1 is 1.19 bits per heavy atom.